The average molecular weight is 438 g/mol. The van der Waals surface area contributed by atoms with E-state index in [4.69, 9.17) is 4.52 Å². The van der Waals surface area contributed by atoms with Gasteiger partial charge in [0.1, 0.15) is 6.54 Å². The molecule has 5 rings (SSSR count). The minimum atomic E-state index is -1.16. The van der Waals surface area contributed by atoms with Crippen molar-refractivity contribution < 1.29 is 22.9 Å². The normalized spacial score (nSPS) is 19.9. The lowest BCUT2D eigenvalue weighted by atomic mass is 10.1. The molecule has 0 radical (unpaired) electrons. The van der Waals surface area contributed by atoms with Crippen molar-refractivity contribution in [3.05, 3.63) is 65.1 Å². The Bertz CT molecular complexity index is 1290. The molecular formula is C21H16F2N6O3. The summed E-state index contributed by atoms with van der Waals surface area (Å²) in [6.07, 6.45) is 0. The largest absolute Gasteiger partial charge is 0.337 e. The predicted octanol–water partition coefficient (Wildman–Crippen LogP) is 3.13. The van der Waals surface area contributed by atoms with E-state index < -0.39 is 35.5 Å². The fourth-order valence-corrected chi connectivity index (χ4v) is 3.69. The van der Waals surface area contributed by atoms with Gasteiger partial charge in [0.2, 0.25) is 11.7 Å². The van der Waals surface area contributed by atoms with Crippen LogP contribution < -0.4 is 4.90 Å². The Morgan fingerprint density at radius 3 is 2.56 bits per heavy atom. The number of nitrogens with zero attached hydrogens (tertiary/aromatic N) is 6. The van der Waals surface area contributed by atoms with E-state index in [9.17, 15) is 18.4 Å². The first-order valence-corrected chi connectivity index (χ1v) is 9.74. The van der Waals surface area contributed by atoms with Gasteiger partial charge in [-0.25, -0.2) is 13.7 Å². The van der Waals surface area contributed by atoms with Crippen molar-refractivity contribution in [2.75, 3.05) is 4.90 Å². The summed E-state index contributed by atoms with van der Waals surface area (Å²) in [5.41, 5.74) is 2.92. The topological polar surface area (TPSA) is 104 Å². The molecule has 32 heavy (non-hydrogen) atoms. The zero-order chi connectivity index (χ0) is 22.6. The average Bonchev–Trinajstić information content (AvgIpc) is 3.45. The van der Waals surface area contributed by atoms with E-state index >= 15 is 0 Å². The van der Waals surface area contributed by atoms with Crippen LogP contribution in [0.5, 0.6) is 0 Å². The van der Waals surface area contributed by atoms with Crippen LogP contribution in [-0.4, -0.2) is 39.0 Å². The highest BCUT2D eigenvalue weighted by Crippen LogP contribution is 2.33. The summed E-state index contributed by atoms with van der Waals surface area (Å²) in [4.78, 5) is 30.8. The molecule has 162 valence electrons. The molecule has 1 saturated heterocycles. The molecule has 2 aliphatic heterocycles. The number of amides is 2. The van der Waals surface area contributed by atoms with Gasteiger partial charge in [0.05, 0.1) is 5.69 Å². The minimum absolute atomic E-state index is 0.0485. The van der Waals surface area contributed by atoms with Crippen molar-refractivity contribution in [1.29, 1.82) is 0 Å². The molecule has 2 atom stereocenters. The first-order valence-electron chi connectivity index (χ1n) is 9.74. The third-order valence-electron chi connectivity index (χ3n) is 5.55. The van der Waals surface area contributed by atoms with Gasteiger partial charge < -0.3 is 4.52 Å². The molecule has 11 heteroatoms. The van der Waals surface area contributed by atoms with Crippen LogP contribution in [-0.2, 0) is 16.1 Å². The number of benzene rings is 2. The maximum absolute atomic E-state index is 13.6. The Morgan fingerprint density at radius 1 is 1.00 bits per heavy atom. The van der Waals surface area contributed by atoms with Crippen molar-refractivity contribution in [3.63, 3.8) is 0 Å². The van der Waals surface area contributed by atoms with Gasteiger partial charge >= 0.3 is 0 Å². The first-order chi connectivity index (χ1) is 15.3. The second kappa shape index (κ2) is 7.29. The maximum Gasteiger partial charge on any atom is 0.263 e. The van der Waals surface area contributed by atoms with Crippen LogP contribution in [0.2, 0.25) is 0 Å². The van der Waals surface area contributed by atoms with E-state index in [-0.39, 0.29) is 18.1 Å². The van der Waals surface area contributed by atoms with Crippen LogP contribution in [0.1, 0.15) is 17.0 Å². The van der Waals surface area contributed by atoms with Crippen molar-refractivity contribution in [1.82, 2.24) is 15.1 Å². The molecule has 3 heterocycles. The molecule has 0 saturated carbocycles. The standard InChI is InChI=1S/C21H16F2N6O3/c1-10-3-4-12(7-11(10)2)19-24-16(32-26-19)9-28-18-17(25-27-28)20(30)29(21(18)31)13-5-6-14(22)15(23)8-13/h3-8,17-18H,9H2,1-2H3/t17-,18-/m0/s1. The Morgan fingerprint density at radius 2 is 1.81 bits per heavy atom. The Kier molecular flexibility index (Phi) is 4.54. The molecule has 1 fully saturated rings. The quantitative estimate of drug-likeness (QED) is 0.580. The van der Waals surface area contributed by atoms with E-state index in [0.717, 1.165) is 39.8 Å². The summed E-state index contributed by atoms with van der Waals surface area (Å²) in [6, 6.07) is 6.45. The fourth-order valence-electron chi connectivity index (χ4n) is 3.69. The van der Waals surface area contributed by atoms with Gasteiger partial charge in [-0.15, -0.1) is 0 Å². The third kappa shape index (κ3) is 3.13. The Hall–Kier alpha value is -4.02. The molecule has 0 bridgehead atoms. The number of halogens is 2. The lowest BCUT2D eigenvalue weighted by molar-refractivity contribution is -0.123. The van der Waals surface area contributed by atoms with E-state index in [1.807, 2.05) is 32.0 Å². The molecule has 0 unspecified atom stereocenters. The second-order valence-electron chi connectivity index (χ2n) is 7.61. The maximum atomic E-state index is 13.6. The number of hydrogen-bond acceptors (Lipinski definition) is 8. The molecular weight excluding hydrogens is 422 g/mol. The summed E-state index contributed by atoms with van der Waals surface area (Å²) in [6.45, 7) is 3.93. The van der Waals surface area contributed by atoms with Gasteiger partial charge in [-0.2, -0.15) is 10.1 Å². The van der Waals surface area contributed by atoms with Crippen molar-refractivity contribution in [2.45, 2.75) is 32.5 Å². The first kappa shape index (κ1) is 19.9. The van der Waals surface area contributed by atoms with Crippen molar-refractivity contribution >= 4 is 17.5 Å². The SMILES string of the molecule is Cc1ccc(-c2noc(CN3N=N[C@@H]4C(=O)N(c5ccc(F)c(F)c5)C(=O)[C@H]43)n2)cc1C. The zero-order valence-electron chi connectivity index (χ0n) is 17.0. The van der Waals surface area contributed by atoms with Gasteiger partial charge in [-0.3, -0.25) is 14.6 Å². The number of imide groups is 1. The molecule has 9 nitrogen and oxygen atoms in total. The molecule has 2 amide bonds. The number of hydrogen-bond donors (Lipinski definition) is 0. The summed E-state index contributed by atoms with van der Waals surface area (Å²) in [7, 11) is 0. The highest BCUT2D eigenvalue weighted by molar-refractivity contribution is 6.25. The lowest BCUT2D eigenvalue weighted by Crippen LogP contribution is -2.39. The molecule has 2 aromatic carbocycles. The van der Waals surface area contributed by atoms with Crippen LogP contribution in [0.4, 0.5) is 14.5 Å². The number of carbonyl (C=O) groups excluding carboxylic acids is 2. The van der Waals surface area contributed by atoms with E-state index in [0.29, 0.717) is 5.82 Å². The Balaban J connectivity index is 1.37. The summed E-state index contributed by atoms with van der Waals surface area (Å²) >= 11 is 0. The summed E-state index contributed by atoms with van der Waals surface area (Å²) in [5.74, 6) is -2.99. The van der Waals surface area contributed by atoms with Gasteiger partial charge in [0, 0.05) is 11.6 Å². The zero-order valence-corrected chi connectivity index (χ0v) is 17.0. The predicted molar refractivity (Wildman–Crippen MR) is 106 cm³/mol. The fraction of sp³-hybridized carbons (Fsp3) is 0.238. The van der Waals surface area contributed by atoms with E-state index in [2.05, 4.69) is 20.5 Å². The van der Waals surface area contributed by atoms with Gasteiger partial charge in [0.25, 0.3) is 11.8 Å². The highest BCUT2D eigenvalue weighted by atomic mass is 19.2. The summed E-state index contributed by atoms with van der Waals surface area (Å²) in [5, 5.41) is 13.1. The van der Waals surface area contributed by atoms with Crippen LogP contribution in [0.15, 0.2) is 51.3 Å². The molecule has 0 N–H and O–H groups in total. The minimum Gasteiger partial charge on any atom is -0.337 e. The van der Waals surface area contributed by atoms with Crippen molar-refractivity contribution in [2.24, 2.45) is 10.3 Å². The van der Waals surface area contributed by atoms with E-state index in [1.54, 1.807) is 0 Å². The number of anilines is 1. The number of aromatic nitrogens is 2. The molecule has 0 aliphatic carbocycles. The molecule has 2 aliphatic rings. The van der Waals surface area contributed by atoms with Crippen LogP contribution >= 0.6 is 0 Å². The number of rotatable bonds is 4. The second-order valence-corrected chi connectivity index (χ2v) is 7.61. The Labute approximate surface area is 180 Å². The van der Waals surface area contributed by atoms with Crippen LogP contribution in [0, 0.1) is 25.5 Å². The van der Waals surface area contributed by atoms with Crippen LogP contribution in [0.25, 0.3) is 11.4 Å². The molecule has 3 aromatic rings. The monoisotopic (exact) mass is 438 g/mol. The highest BCUT2D eigenvalue weighted by Gasteiger charge is 2.55. The molecule has 1 aromatic heterocycles. The van der Waals surface area contributed by atoms with Crippen LogP contribution in [0.3, 0.4) is 0 Å². The van der Waals surface area contributed by atoms with Crippen molar-refractivity contribution in [3.8, 4) is 11.4 Å². The third-order valence-corrected chi connectivity index (χ3v) is 5.55. The number of fused-ring (bicyclic) bond motifs is 1. The number of carbonyl (C=O) groups is 2. The summed E-state index contributed by atoms with van der Waals surface area (Å²) < 4.78 is 32.2. The number of aryl methyl sites for hydroxylation is 2. The smallest absolute Gasteiger partial charge is 0.263 e. The molecule has 0 spiro atoms. The van der Waals surface area contributed by atoms with E-state index in [1.165, 1.54) is 5.01 Å². The lowest BCUT2D eigenvalue weighted by Gasteiger charge is -2.19. The van der Waals surface area contributed by atoms with Gasteiger partial charge in [0.15, 0.2) is 23.7 Å². The van der Waals surface area contributed by atoms with Gasteiger partial charge in [-0.05, 0) is 43.2 Å². The van der Waals surface area contributed by atoms with Gasteiger partial charge in [-0.1, -0.05) is 22.5 Å².